The van der Waals surface area contributed by atoms with Crippen molar-refractivity contribution in [3.8, 4) is 5.69 Å². The van der Waals surface area contributed by atoms with Gasteiger partial charge in [0.25, 0.3) is 0 Å². The molecule has 0 spiro atoms. The van der Waals surface area contributed by atoms with E-state index >= 15 is 0 Å². The molecule has 1 heterocycles. The van der Waals surface area contributed by atoms with Crippen molar-refractivity contribution < 1.29 is 9.90 Å². The molecule has 2 aromatic rings. The highest BCUT2D eigenvalue weighted by atomic mass is 16.3. The highest BCUT2D eigenvalue weighted by molar-refractivity contribution is 5.91. The van der Waals surface area contributed by atoms with E-state index in [0.717, 1.165) is 17.1 Å². The summed E-state index contributed by atoms with van der Waals surface area (Å²) < 4.78 is 1.80. The Bertz CT molecular complexity index is 694. The Kier molecular flexibility index (Phi) is 5.54. The maximum absolute atomic E-state index is 12.4. The van der Waals surface area contributed by atoms with E-state index in [-0.39, 0.29) is 19.2 Å². The van der Waals surface area contributed by atoms with Crippen LogP contribution in [-0.2, 0) is 0 Å². The number of aromatic nitrogens is 2. The topological polar surface area (TPSA) is 70.4 Å². The third kappa shape index (κ3) is 3.98. The summed E-state index contributed by atoms with van der Waals surface area (Å²) in [6.45, 7) is 8.05. The Morgan fingerprint density at radius 1 is 1.43 bits per heavy atom. The van der Waals surface area contributed by atoms with Gasteiger partial charge in [-0.25, -0.2) is 9.48 Å². The Hall–Kier alpha value is -2.60. The molecular formula is C17H22N4O2. The minimum absolute atomic E-state index is 0.0969. The third-order valence-electron chi connectivity index (χ3n) is 3.39. The largest absolute Gasteiger partial charge is 0.395 e. The van der Waals surface area contributed by atoms with E-state index in [4.69, 9.17) is 5.11 Å². The van der Waals surface area contributed by atoms with E-state index in [1.165, 1.54) is 4.90 Å². The number of rotatable bonds is 6. The molecule has 0 aliphatic heterocycles. The summed E-state index contributed by atoms with van der Waals surface area (Å²) in [4.78, 5) is 13.9. The highest BCUT2D eigenvalue weighted by Gasteiger charge is 2.15. The molecule has 2 amide bonds. The van der Waals surface area contributed by atoms with Gasteiger partial charge in [-0.3, -0.25) is 0 Å². The number of anilines is 1. The van der Waals surface area contributed by atoms with Crippen molar-refractivity contribution in [3.63, 3.8) is 0 Å². The molecule has 1 aromatic heterocycles. The van der Waals surface area contributed by atoms with Crippen LogP contribution >= 0.6 is 0 Å². The first-order valence-corrected chi connectivity index (χ1v) is 7.47. The first kappa shape index (κ1) is 16.8. The highest BCUT2D eigenvalue weighted by Crippen LogP contribution is 2.21. The molecule has 0 unspecified atom stereocenters. The molecule has 0 bridgehead atoms. The first-order chi connectivity index (χ1) is 11.1. The lowest BCUT2D eigenvalue weighted by Crippen LogP contribution is -2.37. The molecule has 2 N–H and O–H groups in total. The second-order valence-electron chi connectivity index (χ2n) is 5.24. The summed E-state index contributed by atoms with van der Waals surface area (Å²) in [6.07, 6.45) is 1.63. The predicted octanol–water partition coefficient (Wildman–Crippen LogP) is 2.50. The van der Waals surface area contributed by atoms with Crippen molar-refractivity contribution in [2.45, 2.75) is 13.8 Å². The minimum atomic E-state index is -0.284. The number of hydrogen-bond donors (Lipinski definition) is 2. The van der Waals surface area contributed by atoms with Gasteiger partial charge in [-0.2, -0.15) is 5.10 Å². The van der Waals surface area contributed by atoms with Gasteiger partial charge < -0.3 is 15.3 Å². The number of urea groups is 1. The fourth-order valence-corrected chi connectivity index (χ4v) is 2.38. The molecule has 23 heavy (non-hydrogen) atoms. The van der Waals surface area contributed by atoms with Gasteiger partial charge in [-0.15, -0.1) is 6.58 Å². The summed E-state index contributed by atoms with van der Waals surface area (Å²) in [6, 6.07) is 9.18. The Morgan fingerprint density at radius 2 is 2.17 bits per heavy atom. The van der Waals surface area contributed by atoms with Gasteiger partial charge in [0.1, 0.15) is 0 Å². The standard InChI is InChI=1S/C17H22N4O2/c1-4-9-20(10-11-22)17(23)18-15-7-5-6-8-16(15)21-14(3)12-13(2)19-21/h4-8,12,22H,1,9-11H2,2-3H3,(H,18,23). The van der Waals surface area contributed by atoms with Crippen LogP contribution in [0, 0.1) is 13.8 Å². The lowest BCUT2D eigenvalue weighted by Gasteiger charge is -2.21. The van der Waals surface area contributed by atoms with Crippen molar-refractivity contribution in [1.82, 2.24) is 14.7 Å². The molecule has 6 nitrogen and oxygen atoms in total. The lowest BCUT2D eigenvalue weighted by atomic mass is 10.2. The van der Waals surface area contributed by atoms with Crippen LogP contribution in [0.25, 0.3) is 5.69 Å². The van der Waals surface area contributed by atoms with Crippen LogP contribution in [0.3, 0.4) is 0 Å². The SMILES string of the molecule is C=CCN(CCO)C(=O)Nc1ccccc1-n1nc(C)cc1C. The van der Waals surface area contributed by atoms with Gasteiger partial charge in [0.05, 0.1) is 23.7 Å². The molecule has 0 atom stereocenters. The smallest absolute Gasteiger partial charge is 0.322 e. The number of aliphatic hydroxyl groups is 1. The fraction of sp³-hybridized carbons (Fsp3) is 0.294. The zero-order valence-corrected chi connectivity index (χ0v) is 13.5. The van der Waals surface area contributed by atoms with Crippen molar-refractivity contribution in [1.29, 1.82) is 0 Å². The third-order valence-corrected chi connectivity index (χ3v) is 3.39. The zero-order chi connectivity index (χ0) is 16.8. The van der Waals surface area contributed by atoms with E-state index < -0.39 is 0 Å². The number of aliphatic hydroxyl groups excluding tert-OH is 1. The van der Waals surface area contributed by atoms with Crippen LogP contribution in [0.1, 0.15) is 11.4 Å². The van der Waals surface area contributed by atoms with Crippen LogP contribution in [0.4, 0.5) is 10.5 Å². The summed E-state index contributed by atoms with van der Waals surface area (Å²) >= 11 is 0. The van der Waals surface area contributed by atoms with Crippen molar-refractivity contribution >= 4 is 11.7 Å². The molecule has 0 fully saturated rings. The van der Waals surface area contributed by atoms with Gasteiger partial charge in [-0.1, -0.05) is 18.2 Å². The van der Waals surface area contributed by atoms with Crippen LogP contribution < -0.4 is 5.32 Å². The quantitative estimate of drug-likeness (QED) is 0.805. The number of amides is 2. The number of nitrogens with one attached hydrogen (secondary N) is 1. The zero-order valence-electron chi connectivity index (χ0n) is 13.5. The summed E-state index contributed by atoms with van der Waals surface area (Å²) in [5, 5.41) is 16.4. The molecule has 0 saturated carbocycles. The van der Waals surface area contributed by atoms with E-state index in [1.807, 2.05) is 44.2 Å². The number of benzene rings is 1. The second kappa shape index (κ2) is 7.60. The number of aryl methyl sites for hydroxylation is 2. The van der Waals surface area contributed by atoms with Crippen LogP contribution in [0.5, 0.6) is 0 Å². The number of carbonyl (C=O) groups excluding carboxylic acids is 1. The predicted molar refractivity (Wildman–Crippen MR) is 90.9 cm³/mol. The van der Waals surface area contributed by atoms with E-state index in [1.54, 1.807) is 10.8 Å². The maximum Gasteiger partial charge on any atom is 0.322 e. The van der Waals surface area contributed by atoms with Gasteiger partial charge in [-0.05, 0) is 32.0 Å². The average molecular weight is 314 g/mol. The number of carbonyl (C=O) groups is 1. The van der Waals surface area contributed by atoms with Crippen LogP contribution in [0.15, 0.2) is 43.0 Å². The minimum Gasteiger partial charge on any atom is -0.395 e. The molecule has 1 aromatic carbocycles. The van der Waals surface area contributed by atoms with E-state index in [2.05, 4.69) is 17.0 Å². The molecule has 122 valence electrons. The van der Waals surface area contributed by atoms with Crippen molar-refractivity contribution in [2.75, 3.05) is 25.0 Å². The van der Waals surface area contributed by atoms with Crippen LogP contribution in [0.2, 0.25) is 0 Å². The summed E-state index contributed by atoms with van der Waals surface area (Å²) in [5.74, 6) is 0. The maximum atomic E-state index is 12.4. The molecule has 0 aliphatic carbocycles. The molecule has 2 rings (SSSR count). The first-order valence-electron chi connectivity index (χ1n) is 7.47. The second-order valence-corrected chi connectivity index (χ2v) is 5.24. The summed E-state index contributed by atoms with van der Waals surface area (Å²) in [7, 11) is 0. The molecule has 0 aliphatic rings. The molecule has 0 radical (unpaired) electrons. The normalized spacial score (nSPS) is 10.4. The van der Waals surface area contributed by atoms with Crippen LogP contribution in [-0.4, -0.2) is 45.5 Å². The van der Waals surface area contributed by atoms with E-state index in [9.17, 15) is 4.79 Å². The lowest BCUT2D eigenvalue weighted by molar-refractivity contribution is 0.195. The van der Waals surface area contributed by atoms with Gasteiger partial charge >= 0.3 is 6.03 Å². The molecular weight excluding hydrogens is 292 g/mol. The average Bonchev–Trinajstić information content (AvgIpc) is 2.86. The van der Waals surface area contributed by atoms with Gasteiger partial charge in [0, 0.05) is 18.8 Å². The van der Waals surface area contributed by atoms with E-state index in [0.29, 0.717) is 12.2 Å². The Balaban J connectivity index is 2.28. The number of hydrogen-bond acceptors (Lipinski definition) is 3. The monoisotopic (exact) mass is 314 g/mol. The number of nitrogens with zero attached hydrogens (tertiary/aromatic N) is 3. The van der Waals surface area contributed by atoms with Crippen molar-refractivity contribution in [3.05, 3.63) is 54.4 Å². The van der Waals surface area contributed by atoms with Crippen molar-refractivity contribution in [2.24, 2.45) is 0 Å². The van der Waals surface area contributed by atoms with Gasteiger partial charge in [0.15, 0.2) is 0 Å². The number of para-hydroxylation sites is 2. The molecule has 0 saturated heterocycles. The molecule has 6 heteroatoms. The Morgan fingerprint density at radius 3 is 2.78 bits per heavy atom. The summed E-state index contributed by atoms with van der Waals surface area (Å²) in [5.41, 5.74) is 3.37. The Labute approximate surface area is 136 Å². The fourth-order valence-electron chi connectivity index (χ4n) is 2.38. The van der Waals surface area contributed by atoms with Gasteiger partial charge in [0.2, 0.25) is 0 Å².